The highest BCUT2D eigenvalue weighted by Gasteiger charge is 2.19. The lowest BCUT2D eigenvalue weighted by molar-refractivity contribution is 0.556. The molecule has 0 saturated carbocycles. The number of nitrogens with zero attached hydrogens (tertiary/aromatic N) is 1. The quantitative estimate of drug-likeness (QED) is 0.778. The van der Waals surface area contributed by atoms with Gasteiger partial charge in [0.1, 0.15) is 0 Å². The van der Waals surface area contributed by atoms with E-state index in [9.17, 15) is 8.42 Å². The third kappa shape index (κ3) is 2.78. The number of rotatable bonds is 2. The lowest BCUT2D eigenvalue weighted by Gasteiger charge is -2.18. The summed E-state index contributed by atoms with van der Waals surface area (Å²) >= 11 is 0. The first-order valence-electron chi connectivity index (χ1n) is 4.97. The van der Waals surface area contributed by atoms with Crippen LogP contribution in [0.5, 0.6) is 0 Å². The van der Waals surface area contributed by atoms with Crippen LogP contribution >= 0.6 is 0 Å². The molecule has 0 bridgehead atoms. The summed E-state index contributed by atoms with van der Waals surface area (Å²) in [5.41, 5.74) is 0.677. The fraction of sp³-hybridized carbons (Fsp3) is 0.545. The van der Waals surface area contributed by atoms with Crippen molar-refractivity contribution >= 4 is 9.84 Å². The van der Waals surface area contributed by atoms with Gasteiger partial charge in [-0.1, -0.05) is 33.8 Å². The Balaban J connectivity index is 3.27. The third-order valence-electron chi connectivity index (χ3n) is 2.19. The van der Waals surface area contributed by atoms with Crippen LogP contribution in [0.15, 0.2) is 23.2 Å². The second kappa shape index (κ2) is 3.93. The van der Waals surface area contributed by atoms with Gasteiger partial charge in [0.25, 0.3) is 0 Å². The van der Waals surface area contributed by atoms with E-state index in [1.165, 1.54) is 0 Å². The van der Waals surface area contributed by atoms with Gasteiger partial charge in [0.2, 0.25) is 0 Å². The van der Waals surface area contributed by atoms with Crippen LogP contribution < -0.4 is 0 Å². The molecule has 1 heterocycles. The Bertz CT molecular complexity index is 444. The van der Waals surface area contributed by atoms with Gasteiger partial charge in [0, 0.05) is 11.1 Å². The SMILES string of the molecule is CCS(=O)(=O)c1cccc(C(C)(C)C)n1. The van der Waals surface area contributed by atoms with Crippen molar-refractivity contribution in [2.24, 2.45) is 0 Å². The summed E-state index contributed by atoms with van der Waals surface area (Å²) in [6.07, 6.45) is 0. The number of hydrogen-bond donors (Lipinski definition) is 0. The van der Waals surface area contributed by atoms with Crippen molar-refractivity contribution in [3.05, 3.63) is 23.9 Å². The maximum Gasteiger partial charge on any atom is 0.195 e. The van der Waals surface area contributed by atoms with Gasteiger partial charge < -0.3 is 0 Å². The molecule has 0 amide bonds. The van der Waals surface area contributed by atoms with Crippen LogP contribution in [-0.4, -0.2) is 19.2 Å². The van der Waals surface area contributed by atoms with Gasteiger partial charge in [-0.25, -0.2) is 13.4 Å². The Morgan fingerprint density at radius 3 is 2.33 bits per heavy atom. The molecule has 0 aromatic carbocycles. The smallest absolute Gasteiger partial charge is 0.195 e. The zero-order chi connectivity index (χ0) is 11.7. The lowest BCUT2D eigenvalue weighted by atomic mass is 9.92. The van der Waals surface area contributed by atoms with E-state index in [0.717, 1.165) is 5.69 Å². The van der Waals surface area contributed by atoms with E-state index < -0.39 is 9.84 Å². The summed E-state index contributed by atoms with van der Waals surface area (Å²) < 4.78 is 23.2. The van der Waals surface area contributed by atoms with E-state index >= 15 is 0 Å². The molecule has 0 aliphatic carbocycles. The normalized spacial score (nSPS) is 12.8. The molecule has 84 valence electrons. The minimum Gasteiger partial charge on any atom is -0.241 e. The van der Waals surface area contributed by atoms with Crippen molar-refractivity contribution in [3.63, 3.8) is 0 Å². The molecule has 3 nitrogen and oxygen atoms in total. The average molecular weight is 227 g/mol. The first-order chi connectivity index (χ1) is 6.77. The summed E-state index contributed by atoms with van der Waals surface area (Å²) in [6, 6.07) is 5.15. The summed E-state index contributed by atoms with van der Waals surface area (Å²) in [6.45, 7) is 7.66. The molecule has 0 atom stereocenters. The Morgan fingerprint density at radius 1 is 1.27 bits per heavy atom. The van der Waals surface area contributed by atoms with Gasteiger partial charge >= 0.3 is 0 Å². The van der Waals surface area contributed by atoms with Crippen molar-refractivity contribution < 1.29 is 8.42 Å². The molecule has 0 unspecified atom stereocenters. The van der Waals surface area contributed by atoms with E-state index in [0.29, 0.717) is 0 Å². The molecule has 0 aliphatic heterocycles. The highest BCUT2D eigenvalue weighted by Crippen LogP contribution is 2.21. The largest absolute Gasteiger partial charge is 0.241 e. The minimum atomic E-state index is -3.19. The van der Waals surface area contributed by atoms with Gasteiger partial charge in [-0.2, -0.15) is 0 Å². The Morgan fingerprint density at radius 2 is 1.87 bits per heavy atom. The predicted molar refractivity (Wildman–Crippen MR) is 60.7 cm³/mol. The van der Waals surface area contributed by atoms with Crippen LogP contribution in [0.1, 0.15) is 33.4 Å². The second-order valence-electron chi connectivity index (χ2n) is 4.51. The number of sulfone groups is 1. The maximum absolute atomic E-state index is 11.6. The summed E-state index contributed by atoms with van der Waals surface area (Å²) in [4.78, 5) is 4.20. The van der Waals surface area contributed by atoms with Crippen LogP contribution in [0, 0.1) is 0 Å². The highest BCUT2D eigenvalue weighted by atomic mass is 32.2. The molecular weight excluding hydrogens is 210 g/mol. The van der Waals surface area contributed by atoms with Crippen LogP contribution in [0.4, 0.5) is 0 Å². The molecular formula is C11H17NO2S. The van der Waals surface area contributed by atoms with E-state index in [-0.39, 0.29) is 16.2 Å². The molecule has 0 spiro atoms. The van der Waals surface area contributed by atoms with Crippen molar-refractivity contribution in [3.8, 4) is 0 Å². The summed E-state index contributed by atoms with van der Waals surface area (Å²) in [5, 5.41) is 0.178. The molecule has 4 heteroatoms. The number of aromatic nitrogens is 1. The molecule has 1 aromatic heterocycles. The van der Waals surface area contributed by atoms with E-state index in [4.69, 9.17) is 0 Å². The molecule has 0 N–H and O–H groups in total. The van der Waals surface area contributed by atoms with Gasteiger partial charge in [0.05, 0.1) is 5.75 Å². The topological polar surface area (TPSA) is 47.0 Å². The molecule has 0 saturated heterocycles. The van der Waals surface area contributed by atoms with Gasteiger partial charge in [0.15, 0.2) is 14.9 Å². The first-order valence-corrected chi connectivity index (χ1v) is 6.63. The molecule has 0 aliphatic rings. The highest BCUT2D eigenvalue weighted by molar-refractivity contribution is 7.91. The summed E-state index contributed by atoms with van der Waals surface area (Å²) in [5.74, 6) is 0.0909. The van der Waals surface area contributed by atoms with Gasteiger partial charge in [-0.15, -0.1) is 0 Å². The van der Waals surface area contributed by atoms with Gasteiger partial charge in [-0.3, -0.25) is 0 Å². The van der Waals surface area contributed by atoms with E-state index in [2.05, 4.69) is 4.98 Å². The Hall–Kier alpha value is -0.900. The fourth-order valence-electron chi connectivity index (χ4n) is 1.15. The first kappa shape index (κ1) is 12.2. The molecule has 0 fully saturated rings. The van der Waals surface area contributed by atoms with Crippen LogP contribution in [0.25, 0.3) is 0 Å². The van der Waals surface area contributed by atoms with Crippen molar-refractivity contribution in [2.45, 2.75) is 38.1 Å². The van der Waals surface area contributed by atoms with Crippen LogP contribution in [0.3, 0.4) is 0 Å². The van der Waals surface area contributed by atoms with Crippen molar-refractivity contribution in [1.82, 2.24) is 4.98 Å². The minimum absolute atomic E-state index is 0.0909. The average Bonchev–Trinajstić information content (AvgIpc) is 2.17. The predicted octanol–water partition coefficient (Wildman–Crippen LogP) is 2.17. The maximum atomic E-state index is 11.6. The van der Waals surface area contributed by atoms with Crippen molar-refractivity contribution in [1.29, 1.82) is 0 Å². The third-order valence-corrected chi connectivity index (χ3v) is 3.82. The zero-order valence-electron chi connectivity index (χ0n) is 9.61. The Kier molecular flexibility index (Phi) is 3.19. The second-order valence-corrected chi connectivity index (χ2v) is 6.74. The zero-order valence-corrected chi connectivity index (χ0v) is 10.4. The van der Waals surface area contributed by atoms with Crippen LogP contribution in [0.2, 0.25) is 0 Å². The molecule has 1 rings (SSSR count). The standard InChI is InChI=1S/C11H17NO2S/c1-5-15(13,14)10-8-6-7-9(12-10)11(2,3)4/h6-8H,5H2,1-4H3. The lowest BCUT2D eigenvalue weighted by Crippen LogP contribution is -2.16. The number of pyridine rings is 1. The van der Waals surface area contributed by atoms with E-state index in [1.807, 2.05) is 26.8 Å². The van der Waals surface area contributed by atoms with Crippen molar-refractivity contribution in [2.75, 3.05) is 5.75 Å². The van der Waals surface area contributed by atoms with Gasteiger partial charge in [-0.05, 0) is 12.1 Å². The molecule has 1 aromatic rings. The number of hydrogen-bond acceptors (Lipinski definition) is 3. The molecule has 0 radical (unpaired) electrons. The summed E-state index contributed by atoms with van der Waals surface area (Å²) in [7, 11) is -3.19. The fourth-order valence-corrected chi connectivity index (χ4v) is 1.97. The van der Waals surface area contributed by atoms with Crippen LogP contribution in [-0.2, 0) is 15.3 Å². The Labute approximate surface area is 91.5 Å². The monoisotopic (exact) mass is 227 g/mol. The molecule has 15 heavy (non-hydrogen) atoms. The van der Waals surface area contributed by atoms with E-state index in [1.54, 1.807) is 19.1 Å².